The van der Waals surface area contributed by atoms with Gasteiger partial charge in [0.1, 0.15) is 11.8 Å². The van der Waals surface area contributed by atoms with Gasteiger partial charge in [0, 0.05) is 0 Å². The summed E-state index contributed by atoms with van der Waals surface area (Å²) in [5, 5.41) is 11.6. The summed E-state index contributed by atoms with van der Waals surface area (Å²) in [6.45, 7) is -0.104. The molecule has 23 heavy (non-hydrogen) atoms. The molecule has 0 spiro atoms. The molecule has 0 atom stereocenters. The number of anilines is 2. The number of carbonyl (C=O) groups excluding carboxylic acids is 1. The SMILES string of the molecule is N#Cc1ccccc1NS(=O)(=O)c1ccc2c(c1)NC(=O)CO2. The van der Waals surface area contributed by atoms with Crippen LogP contribution in [0.25, 0.3) is 0 Å². The molecular formula is C15H11N3O4S. The first-order valence-corrected chi connectivity index (χ1v) is 8.06. The van der Waals surface area contributed by atoms with Crippen molar-refractivity contribution in [3.05, 3.63) is 48.0 Å². The summed E-state index contributed by atoms with van der Waals surface area (Å²) < 4.78 is 32.5. The van der Waals surface area contributed by atoms with Gasteiger partial charge in [0.2, 0.25) is 0 Å². The quantitative estimate of drug-likeness (QED) is 0.891. The second kappa shape index (κ2) is 5.62. The van der Waals surface area contributed by atoms with Gasteiger partial charge in [-0.15, -0.1) is 0 Å². The number of ether oxygens (including phenoxy) is 1. The van der Waals surface area contributed by atoms with E-state index >= 15 is 0 Å². The lowest BCUT2D eigenvalue weighted by Crippen LogP contribution is -2.25. The second-order valence-corrected chi connectivity index (χ2v) is 6.44. The van der Waals surface area contributed by atoms with Crippen LogP contribution in [0.1, 0.15) is 5.56 Å². The Labute approximate surface area is 132 Å². The highest BCUT2D eigenvalue weighted by atomic mass is 32.2. The van der Waals surface area contributed by atoms with Gasteiger partial charge in [-0.2, -0.15) is 5.26 Å². The van der Waals surface area contributed by atoms with Gasteiger partial charge in [-0.1, -0.05) is 12.1 Å². The zero-order chi connectivity index (χ0) is 16.4. The summed E-state index contributed by atoms with van der Waals surface area (Å²) in [6, 6.07) is 12.3. The lowest BCUT2D eigenvalue weighted by Gasteiger charge is -2.18. The number of amides is 1. The van der Waals surface area contributed by atoms with Crippen molar-refractivity contribution in [2.24, 2.45) is 0 Å². The second-order valence-electron chi connectivity index (χ2n) is 4.76. The number of sulfonamides is 1. The zero-order valence-corrected chi connectivity index (χ0v) is 12.6. The van der Waals surface area contributed by atoms with Crippen molar-refractivity contribution in [3.63, 3.8) is 0 Å². The first-order valence-electron chi connectivity index (χ1n) is 6.58. The van der Waals surface area contributed by atoms with Gasteiger partial charge in [-0.3, -0.25) is 9.52 Å². The van der Waals surface area contributed by atoms with E-state index in [2.05, 4.69) is 10.0 Å². The predicted molar refractivity (Wildman–Crippen MR) is 82.5 cm³/mol. The minimum absolute atomic E-state index is 0.0465. The molecule has 0 saturated heterocycles. The molecule has 1 aliphatic rings. The summed E-state index contributed by atoms with van der Waals surface area (Å²) in [4.78, 5) is 11.3. The molecule has 7 nitrogen and oxygen atoms in total. The Bertz CT molecular complexity index is 932. The van der Waals surface area contributed by atoms with Gasteiger partial charge < -0.3 is 10.1 Å². The van der Waals surface area contributed by atoms with Crippen LogP contribution in [-0.4, -0.2) is 20.9 Å². The van der Waals surface area contributed by atoms with Gasteiger partial charge in [0.05, 0.1) is 21.8 Å². The molecular weight excluding hydrogens is 318 g/mol. The minimum Gasteiger partial charge on any atom is -0.482 e. The van der Waals surface area contributed by atoms with Crippen molar-refractivity contribution in [1.82, 2.24) is 0 Å². The average molecular weight is 329 g/mol. The van der Waals surface area contributed by atoms with E-state index in [1.165, 1.54) is 30.3 Å². The fourth-order valence-electron chi connectivity index (χ4n) is 2.10. The molecule has 2 N–H and O–H groups in total. The van der Waals surface area contributed by atoms with Gasteiger partial charge in [-0.25, -0.2) is 8.42 Å². The number of para-hydroxylation sites is 1. The third kappa shape index (κ3) is 2.95. The molecule has 0 fully saturated rings. The molecule has 1 heterocycles. The molecule has 0 bridgehead atoms. The maximum Gasteiger partial charge on any atom is 0.262 e. The molecule has 116 valence electrons. The van der Waals surface area contributed by atoms with Crippen LogP contribution in [0.3, 0.4) is 0 Å². The smallest absolute Gasteiger partial charge is 0.262 e. The number of fused-ring (bicyclic) bond motifs is 1. The van der Waals surface area contributed by atoms with Crippen LogP contribution in [0.2, 0.25) is 0 Å². The Balaban J connectivity index is 1.96. The monoisotopic (exact) mass is 329 g/mol. The maximum absolute atomic E-state index is 12.5. The summed E-state index contributed by atoms with van der Waals surface area (Å²) >= 11 is 0. The van der Waals surface area contributed by atoms with Crippen molar-refractivity contribution in [2.75, 3.05) is 16.6 Å². The van der Waals surface area contributed by atoms with Gasteiger partial charge >= 0.3 is 0 Å². The molecule has 1 aliphatic heterocycles. The molecule has 0 radical (unpaired) electrons. The van der Waals surface area contributed by atoms with Crippen molar-refractivity contribution in [1.29, 1.82) is 5.26 Å². The topological polar surface area (TPSA) is 108 Å². The number of benzene rings is 2. The Kier molecular flexibility index (Phi) is 3.64. The fourth-order valence-corrected chi connectivity index (χ4v) is 3.21. The van der Waals surface area contributed by atoms with E-state index in [4.69, 9.17) is 10.00 Å². The van der Waals surface area contributed by atoms with Crippen LogP contribution in [0, 0.1) is 11.3 Å². The Morgan fingerprint density at radius 1 is 1.22 bits per heavy atom. The van der Waals surface area contributed by atoms with Crippen LogP contribution in [0.4, 0.5) is 11.4 Å². The van der Waals surface area contributed by atoms with Crippen LogP contribution in [-0.2, 0) is 14.8 Å². The van der Waals surface area contributed by atoms with E-state index in [0.29, 0.717) is 5.75 Å². The largest absolute Gasteiger partial charge is 0.482 e. The van der Waals surface area contributed by atoms with Gasteiger partial charge in [0.25, 0.3) is 15.9 Å². The normalized spacial score (nSPS) is 13.3. The van der Waals surface area contributed by atoms with Gasteiger partial charge in [-0.05, 0) is 30.3 Å². The number of rotatable bonds is 3. The summed E-state index contributed by atoms with van der Waals surface area (Å²) in [5.74, 6) is 0.0517. The van der Waals surface area contributed by atoms with E-state index in [1.807, 2.05) is 6.07 Å². The van der Waals surface area contributed by atoms with Crippen molar-refractivity contribution < 1.29 is 17.9 Å². The maximum atomic E-state index is 12.5. The molecule has 1 amide bonds. The third-order valence-electron chi connectivity index (χ3n) is 3.19. The Hall–Kier alpha value is -3.05. The number of carbonyl (C=O) groups is 1. The average Bonchev–Trinajstić information content (AvgIpc) is 2.54. The van der Waals surface area contributed by atoms with E-state index in [0.717, 1.165) is 0 Å². The Morgan fingerprint density at radius 3 is 2.78 bits per heavy atom. The molecule has 0 unspecified atom stereocenters. The molecule has 0 aliphatic carbocycles. The highest BCUT2D eigenvalue weighted by Gasteiger charge is 2.21. The highest BCUT2D eigenvalue weighted by molar-refractivity contribution is 7.92. The standard InChI is InChI=1S/C15H11N3O4S/c16-8-10-3-1-2-4-12(10)18-23(20,21)11-5-6-14-13(7-11)17-15(19)9-22-14/h1-7,18H,9H2,(H,17,19). The Morgan fingerprint density at radius 2 is 2.00 bits per heavy atom. The summed E-state index contributed by atoms with van der Waals surface area (Å²) in [6.07, 6.45) is 0. The molecule has 2 aromatic rings. The third-order valence-corrected chi connectivity index (χ3v) is 4.55. The van der Waals surface area contributed by atoms with Crippen molar-refractivity contribution in [2.45, 2.75) is 4.90 Å². The predicted octanol–water partition coefficient (Wildman–Crippen LogP) is 1.69. The number of nitrogens with zero attached hydrogens (tertiary/aromatic N) is 1. The molecule has 0 aromatic heterocycles. The minimum atomic E-state index is -3.90. The van der Waals surface area contributed by atoms with Crippen LogP contribution in [0.5, 0.6) is 5.75 Å². The van der Waals surface area contributed by atoms with Crippen molar-refractivity contribution >= 4 is 27.3 Å². The molecule has 2 aromatic carbocycles. The lowest BCUT2D eigenvalue weighted by atomic mass is 10.2. The summed E-state index contributed by atoms with van der Waals surface area (Å²) in [7, 11) is -3.90. The van der Waals surface area contributed by atoms with Crippen LogP contribution < -0.4 is 14.8 Å². The summed E-state index contributed by atoms with van der Waals surface area (Å²) in [5.41, 5.74) is 0.691. The van der Waals surface area contributed by atoms with E-state index < -0.39 is 10.0 Å². The van der Waals surface area contributed by atoms with E-state index in [1.54, 1.807) is 12.1 Å². The number of nitrogens with one attached hydrogen (secondary N) is 2. The first-order chi connectivity index (χ1) is 11.0. The molecule has 8 heteroatoms. The molecule has 3 rings (SSSR count). The number of hydrogen-bond acceptors (Lipinski definition) is 5. The van der Waals surface area contributed by atoms with Crippen LogP contribution in [0.15, 0.2) is 47.4 Å². The molecule has 0 saturated carbocycles. The first kappa shape index (κ1) is 14.9. The number of nitriles is 1. The van der Waals surface area contributed by atoms with Crippen molar-refractivity contribution in [3.8, 4) is 11.8 Å². The zero-order valence-electron chi connectivity index (χ0n) is 11.7. The van der Waals surface area contributed by atoms with Gasteiger partial charge in [0.15, 0.2) is 6.61 Å². The van der Waals surface area contributed by atoms with Crippen LogP contribution >= 0.6 is 0 Å². The van der Waals surface area contributed by atoms with E-state index in [-0.39, 0.29) is 34.3 Å². The number of hydrogen-bond donors (Lipinski definition) is 2. The highest BCUT2D eigenvalue weighted by Crippen LogP contribution is 2.31. The lowest BCUT2D eigenvalue weighted by molar-refractivity contribution is -0.118. The van der Waals surface area contributed by atoms with E-state index in [9.17, 15) is 13.2 Å². The fraction of sp³-hybridized carbons (Fsp3) is 0.0667.